The van der Waals surface area contributed by atoms with Crippen molar-refractivity contribution in [2.75, 3.05) is 9.80 Å². The Morgan fingerprint density at radius 2 is 0.891 bits per heavy atom. The van der Waals surface area contributed by atoms with E-state index in [4.69, 9.17) is 0 Å². The van der Waals surface area contributed by atoms with Crippen molar-refractivity contribution in [1.29, 1.82) is 0 Å². The minimum Gasteiger partial charge on any atom is -0.312 e. The van der Waals surface area contributed by atoms with Gasteiger partial charge in [0, 0.05) is 34.1 Å². The summed E-state index contributed by atoms with van der Waals surface area (Å²) in [6, 6.07) is 61.8. The van der Waals surface area contributed by atoms with Crippen molar-refractivity contribution in [3.63, 3.8) is 0 Å². The summed E-state index contributed by atoms with van der Waals surface area (Å²) in [6.45, 7) is 0.136. The highest BCUT2D eigenvalue weighted by Crippen LogP contribution is 2.46. The minimum absolute atomic E-state index is 0.136. The van der Waals surface area contributed by atoms with Gasteiger partial charge in [-0.05, 0) is 84.7 Å². The quantitative estimate of drug-likeness (QED) is 0.232. The van der Waals surface area contributed by atoms with Crippen molar-refractivity contribution >= 4 is 86.0 Å². The van der Waals surface area contributed by atoms with Gasteiger partial charge in [-0.3, -0.25) is 0 Å². The van der Waals surface area contributed by atoms with Crippen LogP contribution < -0.4 is 46.9 Å². The van der Waals surface area contributed by atoms with Crippen molar-refractivity contribution in [1.82, 2.24) is 0 Å². The van der Waals surface area contributed by atoms with Gasteiger partial charge in [0.15, 0.2) is 8.07 Å². The normalized spacial score (nSPS) is 15.0. The van der Waals surface area contributed by atoms with E-state index in [0.717, 1.165) is 0 Å². The first-order valence-electron chi connectivity index (χ1n) is 16.2. The van der Waals surface area contributed by atoms with Crippen molar-refractivity contribution in [3.8, 4) is 11.1 Å². The van der Waals surface area contributed by atoms with E-state index < -0.39 is 8.07 Å². The average molecular weight is 599 g/mol. The molecule has 7 aromatic carbocycles. The van der Waals surface area contributed by atoms with Crippen LogP contribution in [0.5, 0.6) is 0 Å². The maximum Gasteiger partial charge on any atom is 0.252 e. The van der Waals surface area contributed by atoms with Crippen LogP contribution in [0.4, 0.5) is 34.1 Å². The molecule has 212 valence electrons. The van der Waals surface area contributed by atoms with Gasteiger partial charge >= 0.3 is 0 Å². The number of fused-ring (bicyclic) bond motifs is 13. The second-order valence-electron chi connectivity index (χ2n) is 12.8. The number of benzene rings is 7. The SMILES string of the molecule is c1ccc(N2c3ccccc3B3c4cccc5c4N(c4ccccc4[Si]54c5ccccc5-c5ccccc54)c4cccc2c43)cc1. The number of nitrogens with zero attached hydrogens (tertiary/aromatic N) is 2. The molecule has 0 N–H and O–H groups in total. The maximum absolute atomic E-state index is 2.63. The highest BCUT2D eigenvalue weighted by atomic mass is 28.3. The molecule has 0 aromatic heterocycles. The number of para-hydroxylation sites is 4. The molecule has 46 heavy (non-hydrogen) atoms. The number of rotatable bonds is 1. The van der Waals surface area contributed by atoms with E-state index >= 15 is 0 Å². The molecule has 11 rings (SSSR count). The second kappa shape index (κ2) is 8.78. The van der Waals surface area contributed by atoms with Crippen LogP contribution in [0.15, 0.2) is 164 Å². The zero-order valence-electron chi connectivity index (χ0n) is 25.1. The molecular formula is C42H27BN2Si. The Balaban J connectivity index is 1.29. The average Bonchev–Trinajstić information content (AvgIpc) is 3.42. The third kappa shape index (κ3) is 2.81. The molecule has 0 radical (unpaired) electrons. The number of hydrogen-bond donors (Lipinski definition) is 0. The fraction of sp³-hybridized carbons (Fsp3) is 0. The summed E-state index contributed by atoms with van der Waals surface area (Å²) in [6.07, 6.45) is 0. The molecule has 0 amide bonds. The van der Waals surface area contributed by atoms with E-state index in [9.17, 15) is 0 Å². The van der Waals surface area contributed by atoms with Gasteiger partial charge < -0.3 is 9.80 Å². The van der Waals surface area contributed by atoms with Gasteiger partial charge in [-0.15, -0.1) is 0 Å². The third-order valence-corrected chi connectivity index (χ3v) is 15.8. The molecule has 2 nitrogen and oxygen atoms in total. The van der Waals surface area contributed by atoms with E-state index in [1.54, 1.807) is 0 Å². The smallest absolute Gasteiger partial charge is 0.252 e. The molecule has 1 spiro atoms. The summed E-state index contributed by atoms with van der Waals surface area (Å²) < 4.78 is 0. The van der Waals surface area contributed by atoms with Crippen LogP contribution in [-0.2, 0) is 0 Å². The molecule has 4 heterocycles. The molecule has 4 aliphatic rings. The van der Waals surface area contributed by atoms with Gasteiger partial charge in [0.2, 0.25) is 0 Å². The van der Waals surface area contributed by atoms with Crippen LogP contribution in [0.1, 0.15) is 0 Å². The van der Waals surface area contributed by atoms with Crippen molar-refractivity contribution in [2.45, 2.75) is 0 Å². The number of anilines is 6. The largest absolute Gasteiger partial charge is 0.312 e. The van der Waals surface area contributed by atoms with Crippen LogP contribution in [0.3, 0.4) is 0 Å². The van der Waals surface area contributed by atoms with Gasteiger partial charge in [-0.1, -0.05) is 127 Å². The van der Waals surface area contributed by atoms with Crippen LogP contribution >= 0.6 is 0 Å². The predicted octanol–water partition coefficient (Wildman–Crippen LogP) is 5.44. The molecule has 0 bridgehead atoms. The fourth-order valence-corrected chi connectivity index (χ4v) is 14.8. The Morgan fingerprint density at radius 3 is 1.65 bits per heavy atom. The molecular weight excluding hydrogens is 571 g/mol. The Labute approximate surface area is 269 Å². The Hall–Kier alpha value is -5.58. The van der Waals surface area contributed by atoms with E-state index in [2.05, 4.69) is 174 Å². The molecule has 0 saturated carbocycles. The predicted molar refractivity (Wildman–Crippen MR) is 197 cm³/mol. The second-order valence-corrected chi connectivity index (χ2v) is 16.5. The lowest BCUT2D eigenvalue weighted by atomic mass is 9.33. The first-order valence-corrected chi connectivity index (χ1v) is 18.2. The van der Waals surface area contributed by atoms with Crippen molar-refractivity contribution in [2.24, 2.45) is 0 Å². The summed E-state index contributed by atoms with van der Waals surface area (Å²) in [4.78, 5) is 5.09. The molecule has 0 atom stereocenters. The van der Waals surface area contributed by atoms with E-state index in [-0.39, 0.29) is 6.71 Å². The third-order valence-electron chi connectivity index (χ3n) is 10.8. The molecule has 4 heteroatoms. The lowest BCUT2D eigenvalue weighted by Gasteiger charge is -2.50. The molecule has 4 aliphatic heterocycles. The van der Waals surface area contributed by atoms with Gasteiger partial charge in [0.1, 0.15) is 0 Å². The maximum atomic E-state index is 2.62. The molecule has 0 saturated heterocycles. The van der Waals surface area contributed by atoms with Gasteiger partial charge in [0.05, 0.1) is 0 Å². The lowest BCUT2D eigenvalue weighted by molar-refractivity contribution is 1.26. The Morgan fingerprint density at radius 1 is 0.370 bits per heavy atom. The van der Waals surface area contributed by atoms with E-state index in [1.807, 2.05) is 0 Å². The summed E-state index contributed by atoms with van der Waals surface area (Å²) in [7, 11) is -2.63. The van der Waals surface area contributed by atoms with Gasteiger partial charge in [-0.25, -0.2) is 0 Å². The molecule has 7 aromatic rings. The topological polar surface area (TPSA) is 6.48 Å². The van der Waals surface area contributed by atoms with Crippen molar-refractivity contribution < 1.29 is 0 Å². The zero-order chi connectivity index (χ0) is 30.0. The highest BCUT2D eigenvalue weighted by Gasteiger charge is 2.56. The fourth-order valence-electron chi connectivity index (χ4n) is 9.29. The van der Waals surface area contributed by atoms with Crippen LogP contribution in [0, 0.1) is 0 Å². The molecule has 0 aliphatic carbocycles. The summed E-state index contributed by atoms with van der Waals surface area (Å²) >= 11 is 0. The molecule has 0 fully saturated rings. The van der Waals surface area contributed by atoms with E-state index in [1.165, 1.54) is 82.4 Å². The zero-order valence-corrected chi connectivity index (χ0v) is 26.1. The Bertz CT molecular complexity index is 2370. The van der Waals surface area contributed by atoms with Crippen molar-refractivity contribution in [3.05, 3.63) is 164 Å². The first-order chi connectivity index (χ1) is 22.9. The van der Waals surface area contributed by atoms with Crippen LogP contribution in [0.2, 0.25) is 0 Å². The Kier molecular flexibility index (Phi) is 4.72. The summed E-state index contributed by atoms with van der Waals surface area (Å²) in [5, 5.41) is 6.00. The van der Waals surface area contributed by atoms with Gasteiger partial charge in [0.25, 0.3) is 6.71 Å². The monoisotopic (exact) mass is 598 g/mol. The minimum atomic E-state index is -2.63. The van der Waals surface area contributed by atoms with Crippen LogP contribution in [0.25, 0.3) is 11.1 Å². The first kappa shape index (κ1) is 24.7. The number of hydrogen-bond acceptors (Lipinski definition) is 2. The molecule has 0 unspecified atom stereocenters. The highest BCUT2D eigenvalue weighted by molar-refractivity contribution is 7.24. The lowest BCUT2D eigenvalue weighted by Crippen LogP contribution is -2.77. The van der Waals surface area contributed by atoms with Crippen LogP contribution in [-0.4, -0.2) is 14.8 Å². The summed E-state index contributed by atoms with van der Waals surface area (Å²) in [5.74, 6) is 0. The summed E-state index contributed by atoms with van der Waals surface area (Å²) in [5.41, 5.74) is 14.6. The van der Waals surface area contributed by atoms with E-state index in [0.29, 0.717) is 0 Å². The standard InChI is InChI=1S/C42H27BN2Si/c1-2-14-28(15-3-1)44-33-20-7-6-18-31(33)43-32-19-12-27-40-42(32)45(36-23-13-22-35(44)41(36)43)34-21-8-11-26-39(34)46(40)37-24-9-4-16-29(37)30-17-5-10-25-38(30)46/h1-27H. The van der Waals surface area contributed by atoms with Gasteiger partial charge in [-0.2, -0.15) is 0 Å².